The van der Waals surface area contributed by atoms with Crippen LogP contribution in [0.25, 0.3) is 10.9 Å². The predicted octanol–water partition coefficient (Wildman–Crippen LogP) is 2.50. The monoisotopic (exact) mass is 244 g/mol. The van der Waals surface area contributed by atoms with E-state index >= 15 is 0 Å². The number of benzene rings is 1. The molecule has 0 radical (unpaired) electrons. The number of nitro benzene ring substituents is 1. The molecular weight excluding hydrogens is 232 g/mol. The van der Waals surface area contributed by atoms with Gasteiger partial charge in [0.05, 0.1) is 10.4 Å². The van der Waals surface area contributed by atoms with Crippen molar-refractivity contribution < 1.29 is 4.92 Å². The molecule has 1 fully saturated rings. The van der Waals surface area contributed by atoms with E-state index in [4.69, 9.17) is 0 Å². The van der Waals surface area contributed by atoms with Crippen molar-refractivity contribution in [1.29, 1.82) is 0 Å². The van der Waals surface area contributed by atoms with Crippen LogP contribution in [0.2, 0.25) is 0 Å². The van der Waals surface area contributed by atoms with Crippen molar-refractivity contribution in [3.05, 3.63) is 34.6 Å². The Labute approximate surface area is 103 Å². The van der Waals surface area contributed by atoms with Crippen LogP contribution >= 0.6 is 0 Å². The first-order chi connectivity index (χ1) is 8.74. The van der Waals surface area contributed by atoms with Crippen LogP contribution < -0.4 is 5.32 Å². The van der Waals surface area contributed by atoms with Gasteiger partial charge in [0.25, 0.3) is 5.69 Å². The SMILES string of the molecule is O=[N+]([O-])c1ccc2ncnc(NC3CCC3)c2c1. The second kappa shape index (κ2) is 4.21. The lowest BCUT2D eigenvalue weighted by atomic mass is 9.93. The molecule has 0 atom stereocenters. The Hall–Kier alpha value is -2.24. The Morgan fingerprint density at radius 2 is 2.17 bits per heavy atom. The summed E-state index contributed by atoms with van der Waals surface area (Å²) in [6, 6.07) is 5.07. The largest absolute Gasteiger partial charge is 0.367 e. The number of rotatable bonds is 3. The standard InChI is InChI=1S/C12H12N4O2/c17-16(18)9-4-5-11-10(6-9)12(14-7-13-11)15-8-2-1-3-8/h4-8H,1-3H2,(H,13,14,15). The first-order valence-corrected chi connectivity index (χ1v) is 5.90. The predicted molar refractivity (Wildman–Crippen MR) is 67.5 cm³/mol. The molecule has 1 aromatic carbocycles. The minimum absolute atomic E-state index is 0.0639. The zero-order valence-corrected chi connectivity index (χ0v) is 9.67. The number of nitro groups is 1. The van der Waals surface area contributed by atoms with E-state index in [9.17, 15) is 10.1 Å². The van der Waals surface area contributed by atoms with Gasteiger partial charge in [-0.1, -0.05) is 0 Å². The molecule has 6 nitrogen and oxygen atoms in total. The Balaban J connectivity index is 2.05. The summed E-state index contributed by atoms with van der Waals surface area (Å²) in [6.07, 6.45) is 4.96. The Morgan fingerprint density at radius 1 is 1.33 bits per heavy atom. The summed E-state index contributed by atoms with van der Waals surface area (Å²) in [5.74, 6) is 0.688. The molecule has 1 heterocycles. The van der Waals surface area contributed by atoms with E-state index in [0.717, 1.165) is 18.4 Å². The maximum absolute atomic E-state index is 10.8. The summed E-state index contributed by atoms with van der Waals surface area (Å²) in [7, 11) is 0. The summed E-state index contributed by atoms with van der Waals surface area (Å²) < 4.78 is 0. The van der Waals surface area contributed by atoms with Crippen LogP contribution in [0.3, 0.4) is 0 Å². The maximum Gasteiger partial charge on any atom is 0.270 e. The number of nitrogens with zero attached hydrogens (tertiary/aromatic N) is 3. The molecule has 92 valence electrons. The van der Waals surface area contributed by atoms with Gasteiger partial charge in [0, 0.05) is 23.6 Å². The van der Waals surface area contributed by atoms with Crippen LogP contribution in [0.5, 0.6) is 0 Å². The van der Waals surface area contributed by atoms with Gasteiger partial charge in [-0.05, 0) is 25.3 Å². The van der Waals surface area contributed by atoms with Gasteiger partial charge in [-0.2, -0.15) is 0 Å². The molecule has 1 saturated carbocycles. The topological polar surface area (TPSA) is 81.0 Å². The molecule has 2 aromatic rings. The van der Waals surface area contributed by atoms with Crippen LogP contribution in [-0.4, -0.2) is 20.9 Å². The maximum atomic E-state index is 10.8. The molecule has 0 spiro atoms. The highest BCUT2D eigenvalue weighted by Crippen LogP contribution is 2.28. The van der Waals surface area contributed by atoms with E-state index in [0.29, 0.717) is 17.2 Å². The fourth-order valence-corrected chi connectivity index (χ4v) is 2.02. The van der Waals surface area contributed by atoms with Gasteiger partial charge in [0.2, 0.25) is 0 Å². The quantitative estimate of drug-likeness (QED) is 0.662. The third kappa shape index (κ3) is 1.85. The molecule has 0 amide bonds. The van der Waals surface area contributed by atoms with E-state index in [1.54, 1.807) is 6.07 Å². The summed E-state index contributed by atoms with van der Waals surface area (Å²) >= 11 is 0. The zero-order chi connectivity index (χ0) is 12.5. The fourth-order valence-electron chi connectivity index (χ4n) is 2.02. The molecule has 0 aliphatic heterocycles. The van der Waals surface area contributed by atoms with Gasteiger partial charge in [-0.25, -0.2) is 9.97 Å². The molecule has 18 heavy (non-hydrogen) atoms. The smallest absolute Gasteiger partial charge is 0.270 e. The minimum Gasteiger partial charge on any atom is -0.367 e. The number of fused-ring (bicyclic) bond motifs is 1. The van der Waals surface area contributed by atoms with Gasteiger partial charge >= 0.3 is 0 Å². The second-order valence-corrected chi connectivity index (χ2v) is 4.45. The third-order valence-corrected chi connectivity index (χ3v) is 3.28. The molecule has 6 heteroatoms. The lowest BCUT2D eigenvalue weighted by Crippen LogP contribution is -2.27. The van der Waals surface area contributed by atoms with E-state index in [2.05, 4.69) is 15.3 Å². The number of nitrogens with one attached hydrogen (secondary N) is 1. The highest BCUT2D eigenvalue weighted by Gasteiger charge is 2.19. The highest BCUT2D eigenvalue weighted by atomic mass is 16.6. The van der Waals surface area contributed by atoms with Crippen molar-refractivity contribution in [3.63, 3.8) is 0 Å². The number of anilines is 1. The lowest BCUT2D eigenvalue weighted by Gasteiger charge is -2.27. The molecule has 1 aliphatic rings. The molecule has 0 unspecified atom stereocenters. The normalized spacial score (nSPS) is 15.3. The average Bonchev–Trinajstić information content (AvgIpc) is 2.33. The van der Waals surface area contributed by atoms with Crippen molar-refractivity contribution in [3.8, 4) is 0 Å². The third-order valence-electron chi connectivity index (χ3n) is 3.28. The van der Waals surface area contributed by atoms with Crippen LogP contribution in [-0.2, 0) is 0 Å². The Kier molecular flexibility index (Phi) is 2.55. The second-order valence-electron chi connectivity index (χ2n) is 4.45. The van der Waals surface area contributed by atoms with Crippen molar-refractivity contribution >= 4 is 22.4 Å². The summed E-state index contributed by atoms with van der Waals surface area (Å²) in [6.45, 7) is 0. The average molecular weight is 244 g/mol. The lowest BCUT2D eigenvalue weighted by molar-refractivity contribution is -0.384. The molecule has 3 rings (SSSR count). The van der Waals surface area contributed by atoms with Crippen LogP contribution in [0.15, 0.2) is 24.5 Å². The molecule has 1 aliphatic carbocycles. The van der Waals surface area contributed by atoms with Crippen LogP contribution in [0, 0.1) is 10.1 Å². The molecular formula is C12H12N4O2. The summed E-state index contributed by atoms with van der Waals surface area (Å²) in [5, 5.41) is 14.8. The van der Waals surface area contributed by atoms with Gasteiger partial charge in [0.15, 0.2) is 0 Å². The number of hydrogen-bond acceptors (Lipinski definition) is 5. The molecule has 1 N–H and O–H groups in total. The zero-order valence-electron chi connectivity index (χ0n) is 9.67. The fraction of sp³-hybridized carbons (Fsp3) is 0.333. The molecule has 1 aromatic heterocycles. The Morgan fingerprint density at radius 3 is 2.83 bits per heavy atom. The van der Waals surface area contributed by atoms with Crippen LogP contribution in [0.1, 0.15) is 19.3 Å². The molecule has 0 bridgehead atoms. The van der Waals surface area contributed by atoms with E-state index in [1.165, 1.54) is 24.9 Å². The van der Waals surface area contributed by atoms with Crippen molar-refractivity contribution in [2.24, 2.45) is 0 Å². The number of aromatic nitrogens is 2. The number of non-ortho nitro benzene ring substituents is 1. The van der Waals surface area contributed by atoms with Gasteiger partial charge in [0.1, 0.15) is 12.1 Å². The first-order valence-electron chi connectivity index (χ1n) is 5.90. The van der Waals surface area contributed by atoms with Crippen molar-refractivity contribution in [2.45, 2.75) is 25.3 Å². The van der Waals surface area contributed by atoms with Gasteiger partial charge < -0.3 is 5.32 Å². The minimum atomic E-state index is -0.403. The van der Waals surface area contributed by atoms with Gasteiger partial charge in [-0.15, -0.1) is 0 Å². The van der Waals surface area contributed by atoms with Crippen LogP contribution in [0.4, 0.5) is 11.5 Å². The Bertz CT molecular complexity index is 610. The molecule has 0 saturated heterocycles. The first kappa shape index (κ1) is 10.9. The van der Waals surface area contributed by atoms with E-state index in [1.807, 2.05) is 0 Å². The van der Waals surface area contributed by atoms with E-state index < -0.39 is 4.92 Å². The van der Waals surface area contributed by atoms with Crippen molar-refractivity contribution in [1.82, 2.24) is 9.97 Å². The van der Waals surface area contributed by atoms with Gasteiger partial charge in [-0.3, -0.25) is 10.1 Å². The van der Waals surface area contributed by atoms with Crippen molar-refractivity contribution in [2.75, 3.05) is 5.32 Å². The van der Waals surface area contributed by atoms with E-state index in [-0.39, 0.29) is 5.69 Å². The summed E-state index contributed by atoms with van der Waals surface area (Å²) in [4.78, 5) is 18.7. The number of hydrogen-bond donors (Lipinski definition) is 1. The highest BCUT2D eigenvalue weighted by molar-refractivity contribution is 5.90. The summed E-state index contributed by atoms with van der Waals surface area (Å²) in [5.41, 5.74) is 0.784.